The average Bonchev–Trinajstić information content (AvgIpc) is 2.84. The van der Waals surface area contributed by atoms with Crippen LogP contribution in [0.25, 0.3) is 0 Å². The summed E-state index contributed by atoms with van der Waals surface area (Å²) < 4.78 is 28.8. The van der Waals surface area contributed by atoms with Gasteiger partial charge in [-0.2, -0.15) is 0 Å². The largest absolute Gasteiger partial charge is 0.378 e. The number of nitrogens with one attached hydrogen (secondary N) is 1. The summed E-state index contributed by atoms with van der Waals surface area (Å²) in [5.41, 5.74) is 0.442. The molecule has 4 rings (SSSR count). The molecule has 130 valence electrons. The number of rotatable bonds is 4. The van der Waals surface area contributed by atoms with Crippen LogP contribution in [0.1, 0.15) is 37.7 Å². The molecule has 1 heterocycles. The molecule has 3 fully saturated rings. The quantitative estimate of drug-likeness (QED) is 0.900. The fourth-order valence-corrected chi connectivity index (χ4v) is 4.90. The van der Waals surface area contributed by atoms with Gasteiger partial charge in [0, 0.05) is 24.8 Å². The summed E-state index contributed by atoms with van der Waals surface area (Å²) in [7, 11) is -3.21. The molecule has 1 N–H and O–H groups in total. The molecule has 1 aromatic carbocycles. The number of benzene rings is 1. The molecule has 0 spiro atoms. The van der Waals surface area contributed by atoms with E-state index in [1.54, 1.807) is 24.3 Å². The third-order valence-electron chi connectivity index (χ3n) is 6.06. The molecular formula is C18H23NO4S. The van der Waals surface area contributed by atoms with Crippen LogP contribution in [-0.4, -0.2) is 39.3 Å². The summed E-state index contributed by atoms with van der Waals surface area (Å²) >= 11 is 0. The Bertz CT molecular complexity index is 752. The number of hydrogen-bond acceptors (Lipinski definition) is 4. The van der Waals surface area contributed by atoms with Crippen molar-refractivity contribution in [2.24, 2.45) is 5.92 Å². The van der Waals surface area contributed by atoms with Gasteiger partial charge in [0.1, 0.15) is 0 Å². The summed E-state index contributed by atoms with van der Waals surface area (Å²) in [5.74, 6) is 0.565. The maximum Gasteiger partial charge on any atom is 0.230 e. The molecule has 0 aromatic heterocycles. The van der Waals surface area contributed by atoms with E-state index in [0.29, 0.717) is 16.9 Å². The van der Waals surface area contributed by atoms with Gasteiger partial charge in [-0.3, -0.25) is 4.79 Å². The zero-order valence-corrected chi connectivity index (χ0v) is 14.6. The van der Waals surface area contributed by atoms with Gasteiger partial charge in [0.15, 0.2) is 9.84 Å². The number of amides is 1. The molecule has 6 heteroatoms. The smallest absolute Gasteiger partial charge is 0.230 e. The van der Waals surface area contributed by atoms with Gasteiger partial charge in [-0.25, -0.2) is 8.42 Å². The molecule has 0 bridgehead atoms. The van der Waals surface area contributed by atoms with Gasteiger partial charge in [-0.1, -0.05) is 18.6 Å². The van der Waals surface area contributed by atoms with Crippen LogP contribution in [0, 0.1) is 5.92 Å². The number of fused-ring (bicyclic) bond motifs is 1. The topological polar surface area (TPSA) is 72.5 Å². The van der Waals surface area contributed by atoms with Gasteiger partial charge in [0.05, 0.1) is 16.4 Å². The highest BCUT2D eigenvalue weighted by molar-refractivity contribution is 7.90. The van der Waals surface area contributed by atoms with Crippen molar-refractivity contribution >= 4 is 15.7 Å². The van der Waals surface area contributed by atoms with Gasteiger partial charge < -0.3 is 10.1 Å². The minimum Gasteiger partial charge on any atom is -0.378 e. The number of sulfone groups is 1. The van der Waals surface area contributed by atoms with Crippen LogP contribution >= 0.6 is 0 Å². The third kappa shape index (κ3) is 2.47. The van der Waals surface area contributed by atoms with E-state index in [4.69, 9.17) is 4.74 Å². The van der Waals surface area contributed by atoms with E-state index in [1.807, 2.05) is 0 Å². The Labute approximate surface area is 142 Å². The molecule has 3 aliphatic rings. The summed E-state index contributed by atoms with van der Waals surface area (Å²) in [5, 5.41) is 3.24. The second-order valence-corrected chi connectivity index (χ2v) is 9.43. The van der Waals surface area contributed by atoms with Crippen molar-refractivity contribution in [3.8, 4) is 0 Å². The zero-order chi connectivity index (χ0) is 16.9. The highest BCUT2D eigenvalue weighted by atomic mass is 32.2. The minimum absolute atomic E-state index is 0.0937. The fraction of sp³-hybridized carbons (Fsp3) is 0.611. The third-order valence-corrected chi connectivity index (χ3v) is 7.19. The molecule has 5 nitrogen and oxygen atoms in total. The van der Waals surface area contributed by atoms with Crippen LogP contribution in [-0.2, 0) is 24.8 Å². The number of carbonyl (C=O) groups is 1. The second kappa shape index (κ2) is 5.56. The molecular weight excluding hydrogens is 326 g/mol. The molecule has 0 radical (unpaired) electrons. The molecule has 1 amide bonds. The van der Waals surface area contributed by atoms with E-state index in [2.05, 4.69) is 5.32 Å². The van der Waals surface area contributed by atoms with Crippen LogP contribution in [0.3, 0.4) is 0 Å². The Hall–Kier alpha value is -1.40. The van der Waals surface area contributed by atoms with Crippen molar-refractivity contribution in [1.82, 2.24) is 5.32 Å². The van der Waals surface area contributed by atoms with Gasteiger partial charge in [-0.05, 0) is 43.4 Å². The number of hydrogen-bond donors (Lipinski definition) is 1. The van der Waals surface area contributed by atoms with E-state index >= 15 is 0 Å². The first-order valence-corrected chi connectivity index (χ1v) is 10.5. The normalized spacial score (nSPS) is 30.8. The van der Waals surface area contributed by atoms with Crippen molar-refractivity contribution in [3.05, 3.63) is 29.8 Å². The highest BCUT2D eigenvalue weighted by Gasteiger charge is 2.50. The van der Waals surface area contributed by atoms with E-state index in [0.717, 1.165) is 44.3 Å². The Balaban J connectivity index is 1.52. The maximum absolute atomic E-state index is 13.0. The van der Waals surface area contributed by atoms with Crippen molar-refractivity contribution in [3.63, 3.8) is 0 Å². The lowest BCUT2D eigenvalue weighted by molar-refractivity contribution is -0.133. The first-order valence-electron chi connectivity index (χ1n) is 8.63. The van der Waals surface area contributed by atoms with Crippen LogP contribution in [0.5, 0.6) is 0 Å². The Morgan fingerprint density at radius 2 is 1.96 bits per heavy atom. The van der Waals surface area contributed by atoms with E-state index in [9.17, 15) is 13.2 Å². The monoisotopic (exact) mass is 349 g/mol. The van der Waals surface area contributed by atoms with Crippen LogP contribution in [0.4, 0.5) is 0 Å². The lowest BCUT2D eigenvalue weighted by atomic mass is 9.63. The molecule has 2 aliphatic carbocycles. The Kier molecular flexibility index (Phi) is 3.73. The maximum atomic E-state index is 13.0. The summed E-state index contributed by atoms with van der Waals surface area (Å²) in [6, 6.07) is 7.07. The predicted octanol–water partition coefficient (Wildman–Crippen LogP) is 1.81. The van der Waals surface area contributed by atoms with Crippen molar-refractivity contribution in [2.45, 2.75) is 54.6 Å². The molecule has 1 aliphatic heterocycles. The van der Waals surface area contributed by atoms with E-state index in [1.165, 1.54) is 6.26 Å². The van der Waals surface area contributed by atoms with Gasteiger partial charge >= 0.3 is 0 Å². The first-order chi connectivity index (χ1) is 11.4. The lowest BCUT2D eigenvalue weighted by Gasteiger charge is -2.45. The standard InChI is InChI=1S/C18H23NO4S/c1-24(21,22)13-5-3-12(4-6-13)18(8-2-9-18)17(20)19-15-11-16-14(15)7-10-23-16/h3-6,14-16H,2,7-11H2,1H3,(H,19,20)/t14-,15+,16+/m1/s1. The highest BCUT2D eigenvalue weighted by Crippen LogP contribution is 2.45. The van der Waals surface area contributed by atoms with Crippen LogP contribution < -0.4 is 5.32 Å². The summed E-state index contributed by atoms with van der Waals surface area (Å²) in [4.78, 5) is 13.2. The molecule has 1 aromatic rings. The molecule has 24 heavy (non-hydrogen) atoms. The van der Waals surface area contributed by atoms with Crippen LogP contribution in [0.2, 0.25) is 0 Å². The Morgan fingerprint density at radius 3 is 2.50 bits per heavy atom. The van der Waals surface area contributed by atoms with Crippen LogP contribution in [0.15, 0.2) is 29.2 Å². The predicted molar refractivity (Wildman–Crippen MR) is 89.5 cm³/mol. The van der Waals surface area contributed by atoms with E-state index in [-0.39, 0.29) is 11.9 Å². The van der Waals surface area contributed by atoms with Gasteiger partial charge in [0.25, 0.3) is 0 Å². The minimum atomic E-state index is -3.21. The molecule has 2 saturated carbocycles. The molecule has 3 atom stereocenters. The zero-order valence-electron chi connectivity index (χ0n) is 13.8. The molecule has 0 unspecified atom stereocenters. The van der Waals surface area contributed by atoms with E-state index < -0.39 is 15.3 Å². The fourth-order valence-electron chi connectivity index (χ4n) is 4.27. The summed E-state index contributed by atoms with van der Waals surface area (Å²) in [6.45, 7) is 0.805. The lowest BCUT2D eigenvalue weighted by Crippen LogP contribution is -2.59. The SMILES string of the molecule is CS(=O)(=O)c1ccc(C2(C(=O)N[C@H]3C[C@@H]4OCC[C@H]34)CCC2)cc1. The first kappa shape index (κ1) is 16.1. The van der Waals surface area contributed by atoms with Gasteiger partial charge in [0.2, 0.25) is 5.91 Å². The second-order valence-electron chi connectivity index (χ2n) is 7.41. The van der Waals surface area contributed by atoms with Crippen molar-refractivity contribution < 1.29 is 17.9 Å². The average molecular weight is 349 g/mol. The van der Waals surface area contributed by atoms with Gasteiger partial charge in [-0.15, -0.1) is 0 Å². The Morgan fingerprint density at radius 1 is 1.25 bits per heavy atom. The molecule has 1 saturated heterocycles. The summed E-state index contributed by atoms with van der Waals surface area (Å²) in [6.07, 6.45) is 6.17. The van der Waals surface area contributed by atoms with Crippen molar-refractivity contribution in [1.29, 1.82) is 0 Å². The number of ether oxygens (including phenoxy) is 1. The van der Waals surface area contributed by atoms with Crippen molar-refractivity contribution in [2.75, 3.05) is 12.9 Å². The number of carbonyl (C=O) groups excluding carboxylic acids is 1.